The van der Waals surface area contributed by atoms with Crippen molar-refractivity contribution in [1.29, 1.82) is 0 Å². The highest BCUT2D eigenvalue weighted by atomic mass is 19.1. The summed E-state index contributed by atoms with van der Waals surface area (Å²) in [5.74, 6) is -2.63. The minimum absolute atomic E-state index is 0.0536. The SMILES string of the molecule is O=c1ccc2c(O)c(F)cc(F)c2[nH]1. The molecule has 2 N–H and O–H groups in total. The van der Waals surface area contributed by atoms with Crippen LogP contribution in [0.5, 0.6) is 5.75 Å². The van der Waals surface area contributed by atoms with Gasteiger partial charge in [0.15, 0.2) is 17.4 Å². The van der Waals surface area contributed by atoms with Crippen LogP contribution in [0.4, 0.5) is 8.78 Å². The zero-order chi connectivity index (χ0) is 10.3. The Hall–Kier alpha value is -1.91. The van der Waals surface area contributed by atoms with Gasteiger partial charge in [0, 0.05) is 17.5 Å². The third-order valence-corrected chi connectivity index (χ3v) is 1.89. The largest absolute Gasteiger partial charge is 0.504 e. The van der Waals surface area contributed by atoms with Gasteiger partial charge in [-0.2, -0.15) is 0 Å². The van der Waals surface area contributed by atoms with Crippen LogP contribution in [0.1, 0.15) is 0 Å². The van der Waals surface area contributed by atoms with E-state index in [2.05, 4.69) is 4.98 Å². The molecule has 1 aromatic carbocycles. The molecule has 0 aliphatic heterocycles. The number of aromatic hydroxyl groups is 1. The van der Waals surface area contributed by atoms with Crippen LogP contribution >= 0.6 is 0 Å². The molecule has 3 nitrogen and oxygen atoms in total. The molecule has 0 fully saturated rings. The van der Waals surface area contributed by atoms with Gasteiger partial charge in [0.1, 0.15) is 0 Å². The van der Waals surface area contributed by atoms with Gasteiger partial charge in [0.25, 0.3) is 0 Å². The molecule has 2 aromatic rings. The molecule has 0 bridgehead atoms. The molecule has 0 spiro atoms. The lowest BCUT2D eigenvalue weighted by Gasteiger charge is -2.02. The van der Waals surface area contributed by atoms with Crippen LogP contribution in [0.25, 0.3) is 10.9 Å². The second-order valence-electron chi connectivity index (χ2n) is 2.80. The van der Waals surface area contributed by atoms with Crippen LogP contribution in [0.3, 0.4) is 0 Å². The quantitative estimate of drug-likeness (QED) is 0.672. The third kappa shape index (κ3) is 1.14. The van der Waals surface area contributed by atoms with Crippen LogP contribution in [0.15, 0.2) is 23.0 Å². The van der Waals surface area contributed by atoms with Gasteiger partial charge in [-0.15, -0.1) is 0 Å². The zero-order valence-corrected chi connectivity index (χ0v) is 6.84. The summed E-state index contributed by atoms with van der Waals surface area (Å²) < 4.78 is 25.9. The van der Waals surface area contributed by atoms with E-state index in [1.165, 1.54) is 0 Å². The van der Waals surface area contributed by atoms with E-state index in [0.29, 0.717) is 6.07 Å². The van der Waals surface area contributed by atoms with Crippen molar-refractivity contribution in [2.45, 2.75) is 0 Å². The van der Waals surface area contributed by atoms with Gasteiger partial charge < -0.3 is 10.1 Å². The summed E-state index contributed by atoms with van der Waals surface area (Å²) in [5, 5.41) is 9.16. The summed E-state index contributed by atoms with van der Waals surface area (Å²) in [5.41, 5.74) is -0.709. The molecule has 0 amide bonds. The summed E-state index contributed by atoms with van der Waals surface area (Å²) in [4.78, 5) is 13.0. The Bertz CT molecular complexity index is 562. The molecule has 14 heavy (non-hydrogen) atoms. The number of fused-ring (bicyclic) bond motifs is 1. The maximum absolute atomic E-state index is 13.1. The third-order valence-electron chi connectivity index (χ3n) is 1.89. The maximum atomic E-state index is 13.1. The smallest absolute Gasteiger partial charge is 0.248 e. The predicted molar refractivity (Wildman–Crippen MR) is 46.1 cm³/mol. The van der Waals surface area contributed by atoms with E-state index < -0.39 is 22.9 Å². The lowest BCUT2D eigenvalue weighted by Crippen LogP contribution is -2.04. The van der Waals surface area contributed by atoms with Gasteiger partial charge in [-0.1, -0.05) is 0 Å². The van der Waals surface area contributed by atoms with E-state index in [1.807, 2.05) is 0 Å². The van der Waals surface area contributed by atoms with E-state index in [4.69, 9.17) is 0 Å². The van der Waals surface area contributed by atoms with Crippen molar-refractivity contribution < 1.29 is 13.9 Å². The standard InChI is InChI=1S/C9H5F2NO2/c10-5-3-6(11)9(14)4-1-2-7(13)12-8(4)5/h1-3,14H,(H,12,13). The fourth-order valence-electron chi connectivity index (χ4n) is 1.24. The molecule has 0 aliphatic carbocycles. The van der Waals surface area contributed by atoms with Crippen molar-refractivity contribution in [3.63, 3.8) is 0 Å². The first-order chi connectivity index (χ1) is 6.59. The molecular weight excluding hydrogens is 192 g/mol. The van der Waals surface area contributed by atoms with Crippen LogP contribution in [-0.4, -0.2) is 10.1 Å². The summed E-state index contributed by atoms with van der Waals surface area (Å²) in [6.07, 6.45) is 0. The number of nitrogens with one attached hydrogen (secondary N) is 1. The van der Waals surface area contributed by atoms with Crippen molar-refractivity contribution in [1.82, 2.24) is 4.98 Å². The molecular formula is C9H5F2NO2. The second-order valence-corrected chi connectivity index (χ2v) is 2.80. The Morgan fingerprint density at radius 1 is 1.21 bits per heavy atom. The number of rotatable bonds is 0. The topological polar surface area (TPSA) is 53.1 Å². The Kier molecular flexibility index (Phi) is 1.73. The van der Waals surface area contributed by atoms with Crippen molar-refractivity contribution in [3.05, 3.63) is 40.2 Å². The van der Waals surface area contributed by atoms with Gasteiger partial charge in [-0.25, -0.2) is 8.78 Å². The van der Waals surface area contributed by atoms with Crippen molar-refractivity contribution >= 4 is 10.9 Å². The van der Waals surface area contributed by atoms with E-state index in [-0.39, 0.29) is 10.9 Å². The van der Waals surface area contributed by atoms with Crippen molar-refractivity contribution in [2.75, 3.05) is 0 Å². The molecule has 2 rings (SSSR count). The molecule has 0 unspecified atom stereocenters. The highest BCUT2D eigenvalue weighted by molar-refractivity contribution is 5.85. The number of aromatic nitrogens is 1. The molecule has 0 radical (unpaired) electrons. The van der Waals surface area contributed by atoms with Gasteiger partial charge in [0.2, 0.25) is 5.56 Å². The molecule has 1 aromatic heterocycles. The van der Waals surface area contributed by atoms with Gasteiger partial charge >= 0.3 is 0 Å². The normalized spacial score (nSPS) is 10.7. The highest BCUT2D eigenvalue weighted by Gasteiger charge is 2.11. The first kappa shape index (κ1) is 8.68. The number of hydrogen-bond donors (Lipinski definition) is 2. The minimum atomic E-state index is -1.05. The number of H-pyrrole nitrogens is 1. The summed E-state index contributed by atoms with van der Waals surface area (Å²) >= 11 is 0. The first-order valence-corrected chi connectivity index (χ1v) is 3.79. The maximum Gasteiger partial charge on any atom is 0.248 e. The lowest BCUT2D eigenvalue weighted by atomic mass is 10.2. The van der Waals surface area contributed by atoms with Gasteiger partial charge in [-0.3, -0.25) is 4.79 Å². The van der Waals surface area contributed by atoms with E-state index in [0.717, 1.165) is 12.1 Å². The average molecular weight is 197 g/mol. The second kappa shape index (κ2) is 2.80. The number of pyridine rings is 1. The number of halogens is 2. The van der Waals surface area contributed by atoms with Gasteiger partial charge in [0.05, 0.1) is 5.52 Å². The molecule has 0 atom stereocenters. The molecule has 0 saturated heterocycles. The van der Waals surface area contributed by atoms with Crippen molar-refractivity contribution in [2.24, 2.45) is 0 Å². The zero-order valence-electron chi connectivity index (χ0n) is 6.84. The first-order valence-electron chi connectivity index (χ1n) is 3.79. The lowest BCUT2D eigenvalue weighted by molar-refractivity contribution is 0.435. The van der Waals surface area contributed by atoms with Crippen LogP contribution in [0.2, 0.25) is 0 Å². The fourth-order valence-corrected chi connectivity index (χ4v) is 1.24. The van der Waals surface area contributed by atoms with E-state index >= 15 is 0 Å². The summed E-state index contributed by atoms with van der Waals surface area (Å²) in [7, 11) is 0. The van der Waals surface area contributed by atoms with Crippen molar-refractivity contribution in [3.8, 4) is 5.75 Å². The number of aromatic amines is 1. The van der Waals surface area contributed by atoms with E-state index in [1.54, 1.807) is 0 Å². The molecule has 1 heterocycles. The molecule has 0 saturated carbocycles. The number of benzene rings is 1. The van der Waals surface area contributed by atoms with Gasteiger partial charge in [-0.05, 0) is 6.07 Å². The Balaban J connectivity index is 3.02. The minimum Gasteiger partial charge on any atom is -0.504 e. The summed E-state index contributed by atoms with van der Waals surface area (Å²) in [6, 6.07) is 2.77. The predicted octanol–water partition coefficient (Wildman–Crippen LogP) is 1.51. The highest BCUT2D eigenvalue weighted by Crippen LogP contribution is 2.27. The van der Waals surface area contributed by atoms with E-state index in [9.17, 15) is 18.7 Å². The van der Waals surface area contributed by atoms with Crippen LogP contribution in [-0.2, 0) is 0 Å². The molecule has 0 aliphatic rings. The average Bonchev–Trinajstić information content (AvgIpc) is 2.14. The monoisotopic (exact) mass is 197 g/mol. The number of phenols is 1. The Labute approximate surface area is 76.6 Å². The number of hydrogen-bond acceptors (Lipinski definition) is 2. The number of phenolic OH excluding ortho intramolecular Hbond substituents is 1. The fraction of sp³-hybridized carbons (Fsp3) is 0. The van der Waals surface area contributed by atoms with Crippen LogP contribution < -0.4 is 5.56 Å². The molecule has 72 valence electrons. The summed E-state index contributed by atoms with van der Waals surface area (Å²) in [6.45, 7) is 0. The Morgan fingerprint density at radius 3 is 2.64 bits per heavy atom. The van der Waals surface area contributed by atoms with Crippen LogP contribution in [0, 0.1) is 11.6 Å². The Morgan fingerprint density at radius 2 is 1.93 bits per heavy atom. The molecule has 5 heteroatoms.